The molecule has 0 aliphatic carbocycles. The van der Waals surface area contributed by atoms with Crippen LogP contribution in [0.3, 0.4) is 0 Å². The highest BCUT2D eigenvalue weighted by molar-refractivity contribution is 8.00. The summed E-state index contributed by atoms with van der Waals surface area (Å²) in [5.74, 6) is -1.11. The van der Waals surface area contributed by atoms with E-state index in [1.54, 1.807) is 48.5 Å². The predicted octanol–water partition coefficient (Wildman–Crippen LogP) is 5.92. The van der Waals surface area contributed by atoms with Crippen LogP contribution in [0, 0.1) is 5.82 Å². The summed E-state index contributed by atoms with van der Waals surface area (Å²) in [6, 6.07) is 29.2. The molecule has 0 spiro atoms. The number of rotatable bonds is 8. The minimum atomic E-state index is -0.541. The Morgan fingerprint density at radius 3 is 2.42 bits per heavy atom. The predicted molar refractivity (Wildman–Crippen MR) is 157 cm³/mol. The van der Waals surface area contributed by atoms with Crippen molar-refractivity contribution in [1.82, 2.24) is 5.32 Å². The van der Waals surface area contributed by atoms with E-state index in [-0.39, 0.29) is 17.4 Å². The quantitative estimate of drug-likeness (QED) is 0.211. The summed E-state index contributed by atoms with van der Waals surface area (Å²) < 4.78 is 13.4. The third kappa shape index (κ3) is 6.65. The number of benzene rings is 4. The van der Waals surface area contributed by atoms with Gasteiger partial charge in [0.25, 0.3) is 11.8 Å². The molecule has 8 heteroatoms. The van der Waals surface area contributed by atoms with E-state index in [9.17, 15) is 18.8 Å². The number of hydrogen-bond donors (Lipinski definition) is 2. The molecule has 0 saturated carbocycles. The molecule has 0 radical (unpaired) electrons. The fourth-order valence-corrected chi connectivity index (χ4v) is 5.18. The Labute approximate surface area is 235 Å². The number of carbonyl (C=O) groups is 3. The molecule has 40 heavy (non-hydrogen) atoms. The van der Waals surface area contributed by atoms with E-state index >= 15 is 0 Å². The number of fused-ring (bicyclic) bond motifs is 1. The first kappa shape index (κ1) is 26.9. The maximum Gasteiger partial charge on any atom is 0.272 e. The summed E-state index contributed by atoms with van der Waals surface area (Å²) in [5, 5.41) is 5.49. The van der Waals surface area contributed by atoms with Crippen LogP contribution in [0.25, 0.3) is 6.08 Å². The zero-order valence-corrected chi connectivity index (χ0v) is 22.3. The van der Waals surface area contributed by atoms with Gasteiger partial charge in [-0.15, -0.1) is 11.8 Å². The van der Waals surface area contributed by atoms with Gasteiger partial charge in [0.15, 0.2) is 0 Å². The highest BCUT2D eigenvalue weighted by Crippen LogP contribution is 2.29. The first-order valence-electron chi connectivity index (χ1n) is 12.7. The lowest BCUT2D eigenvalue weighted by Crippen LogP contribution is -2.30. The fraction of sp³-hybridized carbons (Fsp3) is 0.0938. The number of nitrogens with zero attached hydrogens (tertiary/aromatic N) is 1. The molecule has 5 rings (SSSR count). The van der Waals surface area contributed by atoms with Crippen LogP contribution in [0.1, 0.15) is 21.5 Å². The Kier molecular flexibility index (Phi) is 8.37. The zero-order valence-electron chi connectivity index (χ0n) is 21.5. The Morgan fingerprint density at radius 1 is 0.875 bits per heavy atom. The lowest BCUT2D eigenvalue weighted by atomic mass is 10.1. The van der Waals surface area contributed by atoms with Crippen LogP contribution in [0.4, 0.5) is 15.8 Å². The largest absolute Gasteiger partial charge is 0.321 e. The second-order valence-corrected chi connectivity index (χ2v) is 10.2. The van der Waals surface area contributed by atoms with Crippen molar-refractivity contribution in [1.29, 1.82) is 0 Å². The monoisotopic (exact) mass is 551 g/mol. The Balaban J connectivity index is 1.28. The topological polar surface area (TPSA) is 78.5 Å². The standard InChI is InChI=1S/C32H26FN3O3S/c33-25-15-13-22(14-16-25)19-28(35-31(38)24-8-2-1-3-9-24)32(39)34-26-10-6-11-27(20-26)40-21-30(37)36-18-17-23-7-4-5-12-29(23)36/h1-16,19-20H,17-18,21H2,(H,34,39)(H,35,38)/b28-19-. The van der Waals surface area contributed by atoms with Gasteiger partial charge in [0.1, 0.15) is 11.5 Å². The number of halogens is 1. The van der Waals surface area contributed by atoms with Crippen LogP contribution in [0.15, 0.2) is 114 Å². The van der Waals surface area contributed by atoms with Gasteiger partial charge in [-0.3, -0.25) is 14.4 Å². The van der Waals surface area contributed by atoms with E-state index in [1.807, 2.05) is 35.2 Å². The molecule has 1 aliphatic rings. The number of carbonyl (C=O) groups excluding carboxylic acids is 3. The molecule has 1 aliphatic heterocycles. The number of thioether (sulfide) groups is 1. The van der Waals surface area contributed by atoms with Gasteiger partial charge in [-0.25, -0.2) is 4.39 Å². The van der Waals surface area contributed by atoms with E-state index in [0.29, 0.717) is 23.4 Å². The van der Waals surface area contributed by atoms with Crippen molar-refractivity contribution in [2.45, 2.75) is 11.3 Å². The number of para-hydroxylation sites is 1. The molecule has 200 valence electrons. The van der Waals surface area contributed by atoms with Gasteiger partial charge in [-0.05, 0) is 72.2 Å². The van der Waals surface area contributed by atoms with E-state index in [2.05, 4.69) is 10.6 Å². The van der Waals surface area contributed by atoms with Gasteiger partial charge in [0.05, 0.1) is 5.75 Å². The molecule has 0 atom stereocenters. The van der Waals surface area contributed by atoms with Crippen LogP contribution in [-0.4, -0.2) is 30.0 Å². The molecular weight excluding hydrogens is 525 g/mol. The summed E-state index contributed by atoms with van der Waals surface area (Å²) in [6.07, 6.45) is 2.34. The van der Waals surface area contributed by atoms with E-state index in [1.165, 1.54) is 47.7 Å². The van der Waals surface area contributed by atoms with Crippen LogP contribution in [0.5, 0.6) is 0 Å². The SMILES string of the molecule is O=C(Nc1cccc(SCC(=O)N2CCc3ccccc32)c1)/C(=C/c1ccc(F)cc1)NC(=O)c1ccccc1. The molecule has 6 nitrogen and oxygen atoms in total. The molecule has 0 saturated heterocycles. The third-order valence-corrected chi connectivity index (χ3v) is 7.33. The van der Waals surface area contributed by atoms with Crippen LogP contribution in [0.2, 0.25) is 0 Å². The van der Waals surface area contributed by atoms with Gasteiger partial charge in [-0.2, -0.15) is 0 Å². The summed E-state index contributed by atoms with van der Waals surface area (Å²) >= 11 is 1.39. The highest BCUT2D eigenvalue weighted by Gasteiger charge is 2.24. The lowest BCUT2D eigenvalue weighted by Gasteiger charge is -2.17. The molecule has 4 aromatic carbocycles. The van der Waals surface area contributed by atoms with Crippen molar-refractivity contribution < 1.29 is 18.8 Å². The number of amides is 3. The highest BCUT2D eigenvalue weighted by atomic mass is 32.2. The van der Waals surface area contributed by atoms with Crippen LogP contribution in [-0.2, 0) is 16.0 Å². The van der Waals surface area contributed by atoms with Gasteiger partial charge in [0, 0.05) is 28.4 Å². The third-order valence-electron chi connectivity index (χ3n) is 6.35. The maximum absolute atomic E-state index is 13.4. The van der Waals surface area contributed by atoms with Crippen LogP contribution < -0.4 is 15.5 Å². The molecule has 3 amide bonds. The van der Waals surface area contributed by atoms with Crippen molar-refractivity contribution in [2.75, 3.05) is 22.5 Å². The van der Waals surface area contributed by atoms with Crippen molar-refractivity contribution in [2.24, 2.45) is 0 Å². The van der Waals surface area contributed by atoms with Crippen molar-refractivity contribution in [3.63, 3.8) is 0 Å². The van der Waals surface area contributed by atoms with Crippen LogP contribution >= 0.6 is 11.8 Å². The minimum absolute atomic E-state index is 0.00129. The van der Waals surface area contributed by atoms with E-state index < -0.39 is 17.6 Å². The Hall–Kier alpha value is -4.69. The number of nitrogens with one attached hydrogen (secondary N) is 2. The van der Waals surface area contributed by atoms with Crippen molar-refractivity contribution in [3.8, 4) is 0 Å². The lowest BCUT2D eigenvalue weighted by molar-refractivity contribution is -0.116. The summed E-state index contributed by atoms with van der Waals surface area (Å²) in [7, 11) is 0. The Bertz CT molecular complexity index is 1570. The molecule has 1 heterocycles. The molecule has 2 N–H and O–H groups in total. The average molecular weight is 552 g/mol. The number of anilines is 2. The average Bonchev–Trinajstić information content (AvgIpc) is 3.42. The summed E-state index contributed by atoms with van der Waals surface area (Å²) in [4.78, 5) is 41.6. The second-order valence-electron chi connectivity index (χ2n) is 9.12. The normalized spacial score (nSPS) is 12.5. The summed E-state index contributed by atoms with van der Waals surface area (Å²) in [5.41, 5.74) is 3.59. The molecule has 0 fully saturated rings. The first-order chi connectivity index (χ1) is 19.5. The summed E-state index contributed by atoms with van der Waals surface area (Å²) in [6.45, 7) is 0.673. The van der Waals surface area contributed by atoms with Gasteiger partial charge in [-0.1, -0.05) is 54.6 Å². The maximum atomic E-state index is 13.4. The fourth-order valence-electron chi connectivity index (χ4n) is 4.35. The second kappa shape index (κ2) is 12.4. The van der Waals surface area contributed by atoms with Gasteiger partial charge < -0.3 is 15.5 Å². The molecule has 0 aromatic heterocycles. The molecular formula is C32H26FN3O3S. The van der Waals surface area contributed by atoms with E-state index in [0.717, 1.165) is 17.0 Å². The van der Waals surface area contributed by atoms with Crippen molar-refractivity contribution >= 4 is 46.9 Å². The zero-order chi connectivity index (χ0) is 27.9. The Morgan fingerprint density at radius 2 is 1.62 bits per heavy atom. The van der Waals surface area contributed by atoms with E-state index in [4.69, 9.17) is 0 Å². The molecule has 4 aromatic rings. The van der Waals surface area contributed by atoms with Gasteiger partial charge >= 0.3 is 0 Å². The minimum Gasteiger partial charge on any atom is -0.321 e. The van der Waals surface area contributed by atoms with Crippen molar-refractivity contribution in [3.05, 3.63) is 131 Å². The number of hydrogen-bond acceptors (Lipinski definition) is 4. The molecule has 0 bridgehead atoms. The first-order valence-corrected chi connectivity index (χ1v) is 13.7. The molecule has 0 unspecified atom stereocenters. The van der Waals surface area contributed by atoms with Gasteiger partial charge in [0.2, 0.25) is 5.91 Å². The smallest absolute Gasteiger partial charge is 0.272 e.